The lowest BCUT2D eigenvalue weighted by Crippen LogP contribution is -2.49. The van der Waals surface area contributed by atoms with Crippen molar-refractivity contribution in [3.05, 3.63) is 28.8 Å². The first-order valence-corrected chi connectivity index (χ1v) is 5.97. The van der Waals surface area contributed by atoms with Gasteiger partial charge < -0.3 is 15.3 Å². The van der Waals surface area contributed by atoms with Gasteiger partial charge in [0.25, 0.3) is 0 Å². The van der Waals surface area contributed by atoms with Crippen molar-refractivity contribution >= 4 is 23.3 Å². The van der Waals surface area contributed by atoms with Gasteiger partial charge in [0.15, 0.2) is 0 Å². The Bertz CT molecular complexity index is 437. The molecule has 0 aliphatic carbocycles. The Labute approximate surface area is 105 Å². The molecule has 5 heteroatoms. The molecule has 1 saturated heterocycles. The van der Waals surface area contributed by atoms with E-state index >= 15 is 0 Å². The van der Waals surface area contributed by atoms with E-state index in [1.54, 1.807) is 12.1 Å². The van der Waals surface area contributed by atoms with Crippen LogP contribution in [0, 0.1) is 0 Å². The highest BCUT2D eigenvalue weighted by molar-refractivity contribution is 6.33. The summed E-state index contributed by atoms with van der Waals surface area (Å²) in [5.74, 6) is -0.991. The van der Waals surface area contributed by atoms with Crippen molar-refractivity contribution in [2.75, 3.05) is 24.5 Å². The summed E-state index contributed by atoms with van der Waals surface area (Å²) in [6.45, 7) is 4.90. The summed E-state index contributed by atoms with van der Waals surface area (Å²) in [5, 5.41) is 12.5. The number of aromatic carboxylic acids is 1. The van der Waals surface area contributed by atoms with Crippen molar-refractivity contribution in [2.45, 2.75) is 13.0 Å². The van der Waals surface area contributed by atoms with E-state index in [0.717, 1.165) is 25.3 Å². The van der Waals surface area contributed by atoms with Crippen molar-refractivity contribution in [1.29, 1.82) is 0 Å². The summed E-state index contributed by atoms with van der Waals surface area (Å²) in [4.78, 5) is 13.1. The fraction of sp³-hybridized carbons (Fsp3) is 0.417. The predicted octanol–water partition coefficient (Wildman–Crippen LogP) is 1.84. The van der Waals surface area contributed by atoms with Crippen LogP contribution in [0.4, 0.5) is 5.69 Å². The molecule has 1 fully saturated rings. The number of hydrogen-bond donors (Lipinski definition) is 2. The molecule has 0 bridgehead atoms. The van der Waals surface area contributed by atoms with Crippen LogP contribution >= 0.6 is 11.6 Å². The van der Waals surface area contributed by atoms with Gasteiger partial charge in [-0.3, -0.25) is 0 Å². The van der Waals surface area contributed by atoms with E-state index in [1.165, 1.54) is 0 Å². The average molecular weight is 255 g/mol. The SMILES string of the molecule is C[C@@H]1CNCCN1c1ccc(C(=O)O)c(Cl)c1. The van der Waals surface area contributed by atoms with E-state index in [4.69, 9.17) is 16.7 Å². The van der Waals surface area contributed by atoms with Gasteiger partial charge in [-0.2, -0.15) is 0 Å². The fourth-order valence-corrected chi connectivity index (χ4v) is 2.34. The van der Waals surface area contributed by atoms with Crippen molar-refractivity contribution < 1.29 is 9.90 Å². The van der Waals surface area contributed by atoms with E-state index < -0.39 is 5.97 Å². The second-order valence-corrected chi connectivity index (χ2v) is 4.62. The van der Waals surface area contributed by atoms with Gasteiger partial charge in [-0.25, -0.2) is 4.79 Å². The molecule has 0 spiro atoms. The number of nitrogens with zero attached hydrogens (tertiary/aromatic N) is 1. The quantitative estimate of drug-likeness (QED) is 0.846. The number of anilines is 1. The van der Waals surface area contributed by atoms with Gasteiger partial charge in [0.05, 0.1) is 10.6 Å². The Morgan fingerprint density at radius 1 is 1.59 bits per heavy atom. The van der Waals surface area contributed by atoms with Gasteiger partial charge in [-0.1, -0.05) is 11.6 Å². The number of hydrogen-bond acceptors (Lipinski definition) is 3. The highest BCUT2D eigenvalue weighted by atomic mass is 35.5. The van der Waals surface area contributed by atoms with Crippen LogP contribution in [-0.2, 0) is 0 Å². The molecule has 0 radical (unpaired) electrons. The molecule has 2 rings (SSSR count). The van der Waals surface area contributed by atoms with Crippen molar-refractivity contribution in [3.63, 3.8) is 0 Å². The Hall–Kier alpha value is -1.26. The monoisotopic (exact) mass is 254 g/mol. The second kappa shape index (κ2) is 4.94. The molecule has 0 unspecified atom stereocenters. The van der Waals surface area contributed by atoms with Crippen LogP contribution in [-0.4, -0.2) is 36.8 Å². The number of rotatable bonds is 2. The predicted molar refractivity (Wildman–Crippen MR) is 68.1 cm³/mol. The van der Waals surface area contributed by atoms with Gasteiger partial charge in [0.1, 0.15) is 0 Å². The average Bonchev–Trinajstić information content (AvgIpc) is 2.29. The molecular weight excluding hydrogens is 240 g/mol. The molecule has 1 aliphatic heterocycles. The van der Waals surface area contributed by atoms with E-state index in [1.807, 2.05) is 6.07 Å². The van der Waals surface area contributed by atoms with Gasteiger partial charge in [-0.15, -0.1) is 0 Å². The number of carbonyl (C=O) groups is 1. The number of piperazine rings is 1. The molecular formula is C12H15ClN2O2. The van der Waals surface area contributed by atoms with Crippen LogP contribution in [0.2, 0.25) is 5.02 Å². The highest BCUT2D eigenvalue weighted by Gasteiger charge is 2.19. The van der Waals surface area contributed by atoms with Crippen molar-refractivity contribution in [3.8, 4) is 0 Å². The first kappa shape index (κ1) is 12.2. The summed E-state index contributed by atoms with van der Waals surface area (Å²) in [5.41, 5.74) is 1.13. The first-order chi connectivity index (χ1) is 8.09. The first-order valence-electron chi connectivity index (χ1n) is 5.60. The lowest BCUT2D eigenvalue weighted by Gasteiger charge is -2.36. The second-order valence-electron chi connectivity index (χ2n) is 4.22. The Morgan fingerprint density at radius 2 is 2.35 bits per heavy atom. The highest BCUT2D eigenvalue weighted by Crippen LogP contribution is 2.25. The molecule has 17 heavy (non-hydrogen) atoms. The maximum absolute atomic E-state index is 10.9. The van der Waals surface area contributed by atoms with Crippen molar-refractivity contribution in [2.24, 2.45) is 0 Å². The lowest BCUT2D eigenvalue weighted by molar-refractivity contribution is 0.0697. The summed E-state index contributed by atoms with van der Waals surface area (Å²) >= 11 is 5.97. The zero-order chi connectivity index (χ0) is 12.4. The molecule has 1 atom stereocenters. The minimum absolute atomic E-state index is 0.151. The Morgan fingerprint density at radius 3 is 2.94 bits per heavy atom. The maximum atomic E-state index is 10.9. The third-order valence-electron chi connectivity index (χ3n) is 3.02. The maximum Gasteiger partial charge on any atom is 0.337 e. The molecule has 92 valence electrons. The number of carboxylic acids is 1. The Kier molecular flexibility index (Phi) is 3.54. The molecule has 1 heterocycles. The van der Waals surface area contributed by atoms with Gasteiger partial charge >= 0.3 is 5.97 Å². The minimum atomic E-state index is -0.991. The van der Waals surface area contributed by atoms with Crippen LogP contribution in [0.3, 0.4) is 0 Å². The van der Waals surface area contributed by atoms with E-state index in [-0.39, 0.29) is 5.56 Å². The zero-order valence-electron chi connectivity index (χ0n) is 9.61. The molecule has 2 N–H and O–H groups in total. The van der Waals surface area contributed by atoms with Gasteiger partial charge in [-0.05, 0) is 25.1 Å². The number of halogens is 1. The van der Waals surface area contributed by atoms with Crippen molar-refractivity contribution in [1.82, 2.24) is 5.32 Å². The minimum Gasteiger partial charge on any atom is -0.478 e. The standard InChI is InChI=1S/C12H15ClN2O2/c1-8-7-14-4-5-15(8)9-2-3-10(12(16)17)11(13)6-9/h2-3,6,8,14H,4-5,7H2,1H3,(H,16,17)/t8-/m1/s1. The summed E-state index contributed by atoms with van der Waals surface area (Å²) in [6.07, 6.45) is 0. The summed E-state index contributed by atoms with van der Waals surface area (Å²) in [7, 11) is 0. The smallest absolute Gasteiger partial charge is 0.337 e. The molecule has 1 aromatic rings. The molecule has 1 aliphatic rings. The van der Waals surface area contributed by atoms with E-state index in [2.05, 4.69) is 17.1 Å². The molecule has 0 aromatic heterocycles. The largest absolute Gasteiger partial charge is 0.478 e. The van der Waals surface area contributed by atoms with Crippen LogP contribution in [0.1, 0.15) is 17.3 Å². The topological polar surface area (TPSA) is 52.6 Å². The molecule has 0 saturated carbocycles. The fourth-order valence-electron chi connectivity index (χ4n) is 2.08. The number of nitrogens with one attached hydrogen (secondary N) is 1. The number of carboxylic acid groups (broad SMARTS) is 1. The summed E-state index contributed by atoms with van der Waals surface area (Å²) in [6, 6.07) is 5.49. The molecule has 1 aromatic carbocycles. The van der Waals surface area contributed by atoms with Gasteiger partial charge in [0.2, 0.25) is 0 Å². The van der Waals surface area contributed by atoms with Gasteiger partial charge in [0, 0.05) is 31.4 Å². The molecule has 4 nitrogen and oxygen atoms in total. The van der Waals surface area contributed by atoms with Crippen LogP contribution in [0.5, 0.6) is 0 Å². The van der Waals surface area contributed by atoms with E-state index in [0.29, 0.717) is 11.1 Å². The van der Waals surface area contributed by atoms with Crippen LogP contribution in [0.15, 0.2) is 18.2 Å². The van der Waals surface area contributed by atoms with E-state index in [9.17, 15) is 4.79 Å². The molecule has 0 amide bonds. The summed E-state index contributed by atoms with van der Waals surface area (Å²) < 4.78 is 0. The zero-order valence-corrected chi connectivity index (χ0v) is 10.4. The number of benzene rings is 1. The normalized spacial score (nSPS) is 20.4. The van der Waals surface area contributed by atoms with Crippen LogP contribution in [0.25, 0.3) is 0 Å². The lowest BCUT2D eigenvalue weighted by atomic mass is 10.1. The third kappa shape index (κ3) is 2.53. The third-order valence-corrected chi connectivity index (χ3v) is 3.33. The Balaban J connectivity index is 2.27. The van der Waals surface area contributed by atoms with Crippen LogP contribution < -0.4 is 10.2 Å².